The summed E-state index contributed by atoms with van der Waals surface area (Å²) in [4.78, 5) is 12.5. The van der Waals surface area contributed by atoms with E-state index in [0.717, 1.165) is 11.4 Å². The largest absolute Gasteiger partial charge is 0.347 e. The van der Waals surface area contributed by atoms with Crippen molar-refractivity contribution in [2.45, 2.75) is 25.2 Å². The van der Waals surface area contributed by atoms with E-state index in [2.05, 4.69) is 109 Å². The topological polar surface area (TPSA) is 41.0 Å². The summed E-state index contributed by atoms with van der Waals surface area (Å²) in [6.45, 7) is 4.52. The number of rotatable bonds is 4. The molecule has 3 heteroatoms. The molecule has 0 spiro atoms. The number of hydrogen-bond donors (Lipinski definition) is 1. The van der Waals surface area contributed by atoms with Crippen LogP contribution in [0.2, 0.25) is 0 Å². The van der Waals surface area contributed by atoms with Crippen LogP contribution in [-0.4, -0.2) is 16.2 Å². The van der Waals surface area contributed by atoms with Crippen molar-refractivity contribution in [1.29, 1.82) is 0 Å². The molecule has 148 valence electrons. The van der Waals surface area contributed by atoms with Gasteiger partial charge in [0.15, 0.2) is 0 Å². The molecular weight excluding hydrogens is 366 g/mol. The van der Waals surface area contributed by atoms with Crippen LogP contribution in [0.5, 0.6) is 0 Å². The minimum atomic E-state index is -0.335. The molecule has 4 aromatic rings. The van der Waals surface area contributed by atoms with Crippen LogP contribution >= 0.6 is 0 Å². The Morgan fingerprint density at radius 1 is 0.867 bits per heavy atom. The third-order valence-corrected chi connectivity index (χ3v) is 6.46. The van der Waals surface area contributed by atoms with Gasteiger partial charge in [0, 0.05) is 29.9 Å². The van der Waals surface area contributed by atoms with Gasteiger partial charge >= 0.3 is 0 Å². The lowest BCUT2D eigenvalue weighted by Gasteiger charge is -2.33. The number of fused-ring (bicyclic) bond motifs is 1. The predicted octanol–water partition coefficient (Wildman–Crippen LogP) is 6.25. The molecule has 0 radical (unpaired) electrons. The maximum Gasteiger partial charge on any atom is 0.0922 e. The Morgan fingerprint density at radius 3 is 2.30 bits per heavy atom. The molecule has 3 aromatic carbocycles. The van der Waals surface area contributed by atoms with Gasteiger partial charge in [-0.15, -0.1) is 0 Å². The monoisotopic (exact) mass is 391 g/mol. The van der Waals surface area contributed by atoms with Crippen molar-refractivity contribution < 1.29 is 0 Å². The van der Waals surface area contributed by atoms with Crippen LogP contribution in [0.4, 0.5) is 5.69 Å². The molecule has 0 saturated carbocycles. The highest BCUT2D eigenvalue weighted by Crippen LogP contribution is 2.44. The quantitative estimate of drug-likeness (QED) is 0.439. The highest BCUT2D eigenvalue weighted by molar-refractivity contribution is 5.74. The van der Waals surface area contributed by atoms with E-state index in [4.69, 9.17) is 4.99 Å². The minimum absolute atomic E-state index is 0.292. The Labute approximate surface area is 177 Å². The normalized spacial score (nSPS) is 19.8. The lowest BCUT2D eigenvalue weighted by atomic mass is 9.71. The van der Waals surface area contributed by atoms with Crippen molar-refractivity contribution in [3.05, 3.63) is 119 Å². The zero-order valence-corrected chi connectivity index (χ0v) is 17.3. The molecule has 0 saturated heterocycles. The molecule has 30 heavy (non-hydrogen) atoms. The van der Waals surface area contributed by atoms with Gasteiger partial charge in [-0.2, -0.15) is 0 Å². The lowest BCUT2D eigenvalue weighted by molar-refractivity contribution is 0.645. The van der Waals surface area contributed by atoms with Crippen molar-refractivity contribution in [3.63, 3.8) is 0 Å². The number of H-pyrrole nitrogens is 1. The summed E-state index contributed by atoms with van der Waals surface area (Å²) < 4.78 is 0. The fourth-order valence-corrected chi connectivity index (χ4v) is 4.72. The first kappa shape index (κ1) is 18.6. The number of hydrogen-bond acceptors (Lipinski definition) is 2. The van der Waals surface area contributed by atoms with E-state index in [1.54, 1.807) is 6.33 Å². The first-order chi connectivity index (χ1) is 14.7. The van der Waals surface area contributed by atoms with Gasteiger partial charge in [0.1, 0.15) is 0 Å². The van der Waals surface area contributed by atoms with E-state index in [1.807, 2.05) is 6.20 Å². The van der Waals surface area contributed by atoms with Crippen LogP contribution < -0.4 is 0 Å². The molecule has 0 bridgehead atoms. The number of nitrogens with zero attached hydrogens (tertiary/aromatic N) is 2. The first-order valence-corrected chi connectivity index (χ1v) is 10.5. The summed E-state index contributed by atoms with van der Waals surface area (Å²) in [5.41, 5.74) is 6.90. The SMILES string of the molecule is CC1C=Nc2ccc(C(C)(c3ccccc3)c3cnc[nH]3)cc2C1c1ccccc1. The van der Waals surface area contributed by atoms with E-state index >= 15 is 0 Å². The van der Waals surface area contributed by atoms with Crippen LogP contribution in [0.1, 0.15) is 47.7 Å². The Kier molecular flexibility index (Phi) is 4.59. The van der Waals surface area contributed by atoms with E-state index < -0.39 is 0 Å². The average Bonchev–Trinajstić information content (AvgIpc) is 3.35. The van der Waals surface area contributed by atoms with Gasteiger partial charge in [0.2, 0.25) is 0 Å². The number of aliphatic imine (C=N–C) groups is 1. The molecule has 0 fully saturated rings. The van der Waals surface area contributed by atoms with Crippen LogP contribution in [0.15, 0.2) is 96.4 Å². The third kappa shape index (κ3) is 2.98. The summed E-state index contributed by atoms with van der Waals surface area (Å²) in [6.07, 6.45) is 5.78. The summed E-state index contributed by atoms with van der Waals surface area (Å²) in [6, 6.07) is 28.1. The highest BCUT2D eigenvalue weighted by atomic mass is 14.9. The van der Waals surface area contributed by atoms with Crippen LogP contribution in [0, 0.1) is 5.92 Å². The van der Waals surface area contributed by atoms with Gasteiger partial charge < -0.3 is 4.98 Å². The fraction of sp³-hybridized carbons (Fsp3) is 0.185. The second-order valence-electron chi connectivity index (χ2n) is 8.26. The molecule has 0 amide bonds. The molecule has 3 nitrogen and oxygen atoms in total. The first-order valence-electron chi connectivity index (χ1n) is 10.5. The maximum absolute atomic E-state index is 4.76. The third-order valence-electron chi connectivity index (χ3n) is 6.46. The number of aromatic amines is 1. The lowest BCUT2D eigenvalue weighted by Crippen LogP contribution is -2.26. The number of aromatic nitrogens is 2. The number of nitrogens with one attached hydrogen (secondary N) is 1. The van der Waals surface area contributed by atoms with Crippen molar-refractivity contribution in [2.75, 3.05) is 0 Å². The van der Waals surface area contributed by atoms with Crippen LogP contribution in [0.3, 0.4) is 0 Å². The molecule has 3 atom stereocenters. The number of benzene rings is 3. The Balaban J connectivity index is 1.71. The van der Waals surface area contributed by atoms with E-state index in [1.165, 1.54) is 22.3 Å². The van der Waals surface area contributed by atoms with E-state index in [9.17, 15) is 0 Å². The van der Waals surface area contributed by atoms with Crippen molar-refractivity contribution >= 4 is 11.9 Å². The standard InChI is InChI=1S/C27H25N3/c1-19-16-29-24-14-13-22(15-23(24)26(19)20-9-5-3-6-10-20)27(2,25-17-28-18-30-25)21-11-7-4-8-12-21/h3-19,26H,1-2H3,(H,28,30). The molecule has 1 aromatic heterocycles. The molecule has 0 aliphatic carbocycles. The van der Waals surface area contributed by atoms with Gasteiger partial charge in [0.25, 0.3) is 0 Å². The molecule has 1 aliphatic heterocycles. The molecular formula is C27H25N3. The zero-order chi connectivity index (χ0) is 20.6. The minimum Gasteiger partial charge on any atom is -0.347 e. The second-order valence-corrected chi connectivity index (χ2v) is 8.26. The maximum atomic E-state index is 4.76. The van der Waals surface area contributed by atoms with E-state index in [0.29, 0.717) is 11.8 Å². The van der Waals surface area contributed by atoms with Crippen LogP contribution in [0.25, 0.3) is 0 Å². The smallest absolute Gasteiger partial charge is 0.0922 e. The molecule has 1 N–H and O–H groups in total. The summed E-state index contributed by atoms with van der Waals surface area (Å²) in [7, 11) is 0. The van der Waals surface area contributed by atoms with Gasteiger partial charge in [-0.25, -0.2) is 4.98 Å². The summed E-state index contributed by atoms with van der Waals surface area (Å²) in [5, 5.41) is 0. The Morgan fingerprint density at radius 2 is 1.60 bits per heavy atom. The second kappa shape index (κ2) is 7.42. The Hall–Kier alpha value is -3.46. The van der Waals surface area contributed by atoms with Crippen molar-refractivity contribution in [1.82, 2.24) is 9.97 Å². The van der Waals surface area contributed by atoms with Gasteiger partial charge in [0.05, 0.1) is 17.4 Å². The Bertz CT molecular complexity index is 1160. The molecule has 5 rings (SSSR count). The summed E-state index contributed by atoms with van der Waals surface area (Å²) >= 11 is 0. The number of imidazole rings is 1. The van der Waals surface area contributed by atoms with Crippen molar-refractivity contribution in [3.8, 4) is 0 Å². The fourth-order valence-electron chi connectivity index (χ4n) is 4.72. The average molecular weight is 392 g/mol. The van der Waals surface area contributed by atoms with E-state index in [-0.39, 0.29) is 5.41 Å². The predicted molar refractivity (Wildman–Crippen MR) is 123 cm³/mol. The molecule has 2 heterocycles. The highest BCUT2D eigenvalue weighted by Gasteiger charge is 2.35. The van der Waals surface area contributed by atoms with Crippen molar-refractivity contribution in [2.24, 2.45) is 10.9 Å². The van der Waals surface area contributed by atoms with Gasteiger partial charge in [-0.1, -0.05) is 79.7 Å². The molecule has 3 unspecified atom stereocenters. The van der Waals surface area contributed by atoms with Gasteiger partial charge in [-0.05, 0) is 35.2 Å². The zero-order valence-electron chi connectivity index (χ0n) is 17.3. The summed E-state index contributed by atoms with van der Waals surface area (Å²) in [5.74, 6) is 0.630. The van der Waals surface area contributed by atoms with Crippen LogP contribution in [-0.2, 0) is 5.41 Å². The van der Waals surface area contributed by atoms with Gasteiger partial charge in [-0.3, -0.25) is 4.99 Å². The molecule has 1 aliphatic rings.